The highest BCUT2D eigenvalue weighted by Crippen LogP contribution is 2.33. The van der Waals surface area contributed by atoms with Crippen LogP contribution in [0.1, 0.15) is 12.8 Å². The first-order valence-corrected chi connectivity index (χ1v) is 6.53. The summed E-state index contributed by atoms with van der Waals surface area (Å²) in [7, 11) is 0. The second kappa shape index (κ2) is 6.00. The largest absolute Gasteiger partial charge is 0.573 e. The Labute approximate surface area is 116 Å². The zero-order chi connectivity index (χ0) is 13.9. The molecule has 1 aliphatic rings. The van der Waals surface area contributed by atoms with Gasteiger partial charge >= 0.3 is 6.36 Å². The molecule has 0 spiro atoms. The van der Waals surface area contributed by atoms with Crippen LogP contribution in [-0.4, -0.2) is 25.7 Å². The summed E-state index contributed by atoms with van der Waals surface area (Å²) in [5.41, 5.74) is 0. The van der Waals surface area contributed by atoms with Crippen LogP contribution in [0.15, 0.2) is 22.7 Å². The molecule has 1 saturated heterocycles. The van der Waals surface area contributed by atoms with E-state index >= 15 is 0 Å². The minimum atomic E-state index is -4.70. The van der Waals surface area contributed by atoms with Crippen molar-refractivity contribution in [3.05, 3.63) is 22.7 Å². The smallest absolute Gasteiger partial charge is 0.490 e. The van der Waals surface area contributed by atoms with Gasteiger partial charge in [0, 0.05) is 12.8 Å². The standard InChI is InChI=1S/C12H12BrF3O3/c13-10-7-9(18-8-3-5-17-6-4-8)1-2-11(10)19-12(14,15)16/h1-2,7-8H,3-6H2. The molecular formula is C12H12BrF3O3. The van der Waals surface area contributed by atoms with Gasteiger partial charge in [-0.3, -0.25) is 0 Å². The quantitative estimate of drug-likeness (QED) is 0.835. The van der Waals surface area contributed by atoms with Crippen LogP contribution < -0.4 is 9.47 Å². The Morgan fingerprint density at radius 2 is 1.89 bits per heavy atom. The van der Waals surface area contributed by atoms with E-state index in [9.17, 15) is 13.2 Å². The van der Waals surface area contributed by atoms with Crippen LogP contribution in [0.4, 0.5) is 13.2 Å². The third-order valence-corrected chi connectivity index (χ3v) is 3.22. The number of benzene rings is 1. The Morgan fingerprint density at radius 1 is 1.21 bits per heavy atom. The molecule has 0 saturated carbocycles. The zero-order valence-electron chi connectivity index (χ0n) is 9.87. The lowest BCUT2D eigenvalue weighted by molar-refractivity contribution is -0.274. The van der Waals surface area contributed by atoms with Crippen molar-refractivity contribution in [2.75, 3.05) is 13.2 Å². The van der Waals surface area contributed by atoms with E-state index in [4.69, 9.17) is 9.47 Å². The van der Waals surface area contributed by atoms with Gasteiger partial charge in [-0.25, -0.2) is 0 Å². The van der Waals surface area contributed by atoms with Gasteiger partial charge in [0.2, 0.25) is 0 Å². The fourth-order valence-electron chi connectivity index (χ4n) is 1.75. The number of halogens is 4. The minimum Gasteiger partial charge on any atom is -0.490 e. The lowest BCUT2D eigenvalue weighted by Gasteiger charge is -2.23. The molecule has 0 bridgehead atoms. The van der Waals surface area contributed by atoms with Crippen LogP contribution in [0.5, 0.6) is 11.5 Å². The molecule has 0 aromatic heterocycles. The molecule has 0 atom stereocenters. The molecule has 1 aliphatic heterocycles. The van der Waals surface area contributed by atoms with E-state index in [2.05, 4.69) is 20.7 Å². The second-order valence-corrected chi connectivity index (χ2v) is 4.92. The molecule has 7 heteroatoms. The maximum Gasteiger partial charge on any atom is 0.573 e. The number of alkyl halides is 3. The van der Waals surface area contributed by atoms with E-state index in [0.29, 0.717) is 19.0 Å². The Hall–Kier alpha value is -0.950. The summed E-state index contributed by atoms with van der Waals surface area (Å²) in [6.07, 6.45) is -3.11. The van der Waals surface area contributed by atoms with Gasteiger partial charge in [-0.05, 0) is 34.1 Å². The van der Waals surface area contributed by atoms with Crippen molar-refractivity contribution in [1.29, 1.82) is 0 Å². The Kier molecular flexibility index (Phi) is 4.57. The van der Waals surface area contributed by atoms with Crippen molar-refractivity contribution in [2.24, 2.45) is 0 Å². The summed E-state index contributed by atoms with van der Waals surface area (Å²) >= 11 is 3.03. The first kappa shape index (κ1) is 14.5. The monoisotopic (exact) mass is 340 g/mol. The van der Waals surface area contributed by atoms with E-state index in [1.165, 1.54) is 18.2 Å². The van der Waals surface area contributed by atoms with Gasteiger partial charge in [-0.15, -0.1) is 13.2 Å². The van der Waals surface area contributed by atoms with Gasteiger partial charge in [0.05, 0.1) is 17.7 Å². The van der Waals surface area contributed by atoms with E-state index in [-0.39, 0.29) is 16.3 Å². The van der Waals surface area contributed by atoms with Gasteiger partial charge in [0.1, 0.15) is 17.6 Å². The fourth-order valence-corrected chi connectivity index (χ4v) is 2.19. The normalized spacial score (nSPS) is 17.3. The van der Waals surface area contributed by atoms with Crippen LogP contribution in [0.25, 0.3) is 0 Å². The Bertz CT molecular complexity index is 431. The van der Waals surface area contributed by atoms with Crippen LogP contribution in [0.2, 0.25) is 0 Å². The summed E-state index contributed by atoms with van der Waals surface area (Å²) in [5.74, 6) is 0.222. The van der Waals surface area contributed by atoms with Crippen molar-refractivity contribution >= 4 is 15.9 Å². The molecule has 1 heterocycles. The highest BCUT2D eigenvalue weighted by Gasteiger charge is 2.32. The van der Waals surface area contributed by atoms with Gasteiger partial charge in [0.25, 0.3) is 0 Å². The maximum atomic E-state index is 12.1. The van der Waals surface area contributed by atoms with Crippen molar-refractivity contribution in [3.8, 4) is 11.5 Å². The zero-order valence-corrected chi connectivity index (χ0v) is 11.5. The van der Waals surface area contributed by atoms with Gasteiger partial charge in [-0.2, -0.15) is 0 Å². The van der Waals surface area contributed by atoms with Crippen molar-refractivity contribution < 1.29 is 27.4 Å². The molecule has 0 N–H and O–H groups in total. The van der Waals surface area contributed by atoms with Crippen LogP contribution in [0.3, 0.4) is 0 Å². The molecule has 1 aromatic rings. The van der Waals surface area contributed by atoms with E-state index in [1.807, 2.05) is 0 Å². The van der Waals surface area contributed by atoms with Gasteiger partial charge in [0.15, 0.2) is 0 Å². The van der Waals surface area contributed by atoms with Crippen LogP contribution in [0, 0.1) is 0 Å². The summed E-state index contributed by atoms with van der Waals surface area (Å²) in [4.78, 5) is 0. The number of ether oxygens (including phenoxy) is 3. The van der Waals surface area contributed by atoms with E-state index in [0.717, 1.165) is 12.8 Å². The van der Waals surface area contributed by atoms with Gasteiger partial charge in [-0.1, -0.05) is 0 Å². The third kappa shape index (κ3) is 4.58. The average molecular weight is 341 g/mol. The molecule has 0 aliphatic carbocycles. The van der Waals surface area contributed by atoms with Crippen LogP contribution >= 0.6 is 15.9 Å². The molecule has 19 heavy (non-hydrogen) atoms. The molecular weight excluding hydrogens is 329 g/mol. The van der Waals surface area contributed by atoms with E-state index < -0.39 is 6.36 Å². The molecule has 3 nitrogen and oxygen atoms in total. The molecule has 0 unspecified atom stereocenters. The molecule has 0 radical (unpaired) electrons. The summed E-state index contributed by atoms with van der Waals surface area (Å²) in [6, 6.07) is 4.16. The number of hydrogen-bond acceptors (Lipinski definition) is 3. The molecule has 0 amide bonds. The highest BCUT2D eigenvalue weighted by atomic mass is 79.9. The van der Waals surface area contributed by atoms with Crippen LogP contribution in [-0.2, 0) is 4.74 Å². The fraction of sp³-hybridized carbons (Fsp3) is 0.500. The summed E-state index contributed by atoms with van der Waals surface area (Å²) in [6.45, 7) is 1.28. The SMILES string of the molecule is FC(F)(F)Oc1ccc(OC2CCOCC2)cc1Br. The predicted molar refractivity (Wildman–Crippen MR) is 65.3 cm³/mol. The summed E-state index contributed by atoms with van der Waals surface area (Å²) in [5, 5.41) is 0. The Balaban J connectivity index is 2.01. The van der Waals surface area contributed by atoms with E-state index in [1.54, 1.807) is 0 Å². The summed E-state index contributed by atoms with van der Waals surface area (Å²) < 4.78 is 51.3. The molecule has 2 rings (SSSR count). The lowest BCUT2D eigenvalue weighted by atomic mass is 10.1. The molecule has 1 fully saturated rings. The highest BCUT2D eigenvalue weighted by molar-refractivity contribution is 9.10. The Morgan fingerprint density at radius 3 is 2.47 bits per heavy atom. The average Bonchev–Trinajstić information content (AvgIpc) is 2.33. The van der Waals surface area contributed by atoms with Gasteiger partial charge < -0.3 is 14.2 Å². The molecule has 1 aromatic carbocycles. The second-order valence-electron chi connectivity index (χ2n) is 4.07. The number of rotatable bonds is 3. The maximum absolute atomic E-state index is 12.1. The van der Waals surface area contributed by atoms with Crippen molar-refractivity contribution in [3.63, 3.8) is 0 Å². The minimum absolute atomic E-state index is 0.0371. The lowest BCUT2D eigenvalue weighted by Crippen LogP contribution is -2.25. The topological polar surface area (TPSA) is 27.7 Å². The first-order valence-electron chi connectivity index (χ1n) is 5.74. The molecule has 106 valence electrons. The van der Waals surface area contributed by atoms with Crippen molar-refractivity contribution in [1.82, 2.24) is 0 Å². The van der Waals surface area contributed by atoms with Crippen molar-refractivity contribution in [2.45, 2.75) is 25.3 Å². The number of hydrogen-bond donors (Lipinski definition) is 0. The predicted octanol–water partition coefficient (Wildman–Crippen LogP) is 3.91. The third-order valence-electron chi connectivity index (χ3n) is 2.60. The first-order chi connectivity index (χ1) is 8.94.